The van der Waals surface area contributed by atoms with Crippen LogP contribution in [0.3, 0.4) is 0 Å². The predicted molar refractivity (Wildman–Crippen MR) is 55.0 cm³/mol. The highest BCUT2D eigenvalue weighted by Gasteiger charge is 2.31. The lowest BCUT2D eigenvalue weighted by Gasteiger charge is -2.31. The molecule has 1 aromatic rings. The molecular formula is C10H17N3O. The van der Waals surface area contributed by atoms with Crippen molar-refractivity contribution in [2.75, 3.05) is 0 Å². The Hall–Kier alpha value is -1.03. The van der Waals surface area contributed by atoms with Gasteiger partial charge in [-0.3, -0.25) is 19.5 Å². The van der Waals surface area contributed by atoms with E-state index in [9.17, 15) is 4.79 Å². The molecule has 0 aromatic carbocycles. The molecule has 0 radical (unpaired) electrons. The van der Waals surface area contributed by atoms with Gasteiger partial charge in [0.25, 0.3) is 5.56 Å². The van der Waals surface area contributed by atoms with Crippen molar-refractivity contribution in [2.24, 2.45) is 7.05 Å². The van der Waals surface area contributed by atoms with Gasteiger partial charge in [0, 0.05) is 25.7 Å². The molecule has 1 N–H and O–H groups in total. The van der Waals surface area contributed by atoms with Gasteiger partial charge in [-0.05, 0) is 20.8 Å². The molecule has 78 valence electrons. The zero-order valence-electron chi connectivity index (χ0n) is 9.22. The molecule has 0 atom stereocenters. The summed E-state index contributed by atoms with van der Waals surface area (Å²) in [6.07, 6.45) is 0. The van der Waals surface area contributed by atoms with Crippen LogP contribution in [0.5, 0.6) is 0 Å². The Morgan fingerprint density at radius 2 is 1.93 bits per heavy atom. The smallest absolute Gasteiger partial charge is 0.268 e. The van der Waals surface area contributed by atoms with Crippen molar-refractivity contribution in [3.8, 4) is 0 Å². The summed E-state index contributed by atoms with van der Waals surface area (Å²) < 4.78 is 1.84. The third-order valence-corrected chi connectivity index (χ3v) is 2.93. The van der Waals surface area contributed by atoms with Gasteiger partial charge >= 0.3 is 0 Å². The molecule has 0 unspecified atom stereocenters. The Kier molecular flexibility index (Phi) is 1.86. The summed E-state index contributed by atoms with van der Waals surface area (Å²) in [6.45, 7) is 8.16. The molecule has 0 spiro atoms. The van der Waals surface area contributed by atoms with Crippen molar-refractivity contribution in [3.63, 3.8) is 0 Å². The van der Waals surface area contributed by atoms with Crippen LogP contribution in [0.15, 0.2) is 4.79 Å². The van der Waals surface area contributed by atoms with E-state index in [0.717, 1.165) is 24.3 Å². The third-order valence-electron chi connectivity index (χ3n) is 2.93. The number of nitrogens with zero attached hydrogens (tertiary/aromatic N) is 2. The number of hydrogen-bond donors (Lipinski definition) is 1. The molecule has 2 heterocycles. The lowest BCUT2D eigenvalue weighted by Crippen LogP contribution is -2.37. The molecule has 1 aliphatic heterocycles. The lowest BCUT2D eigenvalue weighted by molar-refractivity contribution is 0.133. The number of hydrogen-bond acceptors (Lipinski definition) is 2. The van der Waals surface area contributed by atoms with E-state index in [1.165, 1.54) is 0 Å². The minimum atomic E-state index is 0.0641. The van der Waals surface area contributed by atoms with E-state index in [1.807, 2.05) is 11.7 Å². The van der Waals surface area contributed by atoms with E-state index in [-0.39, 0.29) is 11.1 Å². The van der Waals surface area contributed by atoms with Crippen LogP contribution >= 0.6 is 0 Å². The van der Waals surface area contributed by atoms with E-state index in [4.69, 9.17) is 0 Å². The van der Waals surface area contributed by atoms with E-state index in [0.29, 0.717) is 0 Å². The van der Waals surface area contributed by atoms with E-state index in [1.54, 1.807) is 0 Å². The normalized spacial score (nSPS) is 17.4. The highest BCUT2D eigenvalue weighted by Crippen LogP contribution is 2.26. The van der Waals surface area contributed by atoms with E-state index < -0.39 is 0 Å². The molecule has 14 heavy (non-hydrogen) atoms. The first-order valence-corrected chi connectivity index (χ1v) is 4.91. The summed E-state index contributed by atoms with van der Waals surface area (Å²) in [5, 5.41) is 2.78. The monoisotopic (exact) mass is 195 g/mol. The first kappa shape index (κ1) is 9.52. The van der Waals surface area contributed by atoms with Crippen LogP contribution < -0.4 is 5.56 Å². The Balaban J connectivity index is 2.36. The molecule has 4 nitrogen and oxygen atoms in total. The fourth-order valence-electron chi connectivity index (χ4n) is 1.89. The second-order valence-corrected chi connectivity index (χ2v) is 4.95. The number of aromatic amines is 1. The van der Waals surface area contributed by atoms with Gasteiger partial charge in [0.2, 0.25) is 0 Å². The second-order valence-electron chi connectivity index (χ2n) is 4.95. The van der Waals surface area contributed by atoms with Gasteiger partial charge < -0.3 is 0 Å². The molecule has 4 heteroatoms. The average Bonchev–Trinajstić information content (AvgIpc) is 2.53. The lowest BCUT2D eigenvalue weighted by atomic mass is 10.1. The van der Waals surface area contributed by atoms with Gasteiger partial charge in [-0.1, -0.05) is 0 Å². The van der Waals surface area contributed by atoms with Gasteiger partial charge in [0.05, 0.1) is 11.3 Å². The minimum absolute atomic E-state index is 0.0641. The summed E-state index contributed by atoms with van der Waals surface area (Å²) in [5.41, 5.74) is 2.26. The molecule has 1 aromatic heterocycles. The number of aromatic nitrogens is 2. The van der Waals surface area contributed by atoms with Crippen LogP contribution in [0.1, 0.15) is 32.0 Å². The largest absolute Gasteiger partial charge is 0.291 e. The molecule has 0 aliphatic carbocycles. The van der Waals surface area contributed by atoms with Gasteiger partial charge in [0.1, 0.15) is 0 Å². The Morgan fingerprint density at radius 1 is 1.29 bits per heavy atom. The van der Waals surface area contributed by atoms with E-state index in [2.05, 4.69) is 30.8 Å². The molecule has 2 rings (SSSR count). The highest BCUT2D eigenvalue weighted by atomic mass is 16.1. The first-order valence-electron chi connectivity index (χ1n) is 4.91. The third kappa shape index (κ3) is 1.30. The minimum Gasteiger partial charge on any atom is -0.291 e. The van der Waals surface area contributed by atoms with Crippen molar-refractivity contribution in [2.45, 2.75) is 39.4 Å². The van der Waals surface area contributed by atoms with Crippen LogP contribution in [0, 0.1) is 0 Å². The Labute approximate surface area is 83.5 Å². The van der Waals surface area contributed by atoms with Crippen LogP contribution in [-0.2, 0) is 20.1 Å². The molecule has 0 saturated heterocycles. The molecular weight excluding hydrogens is 178 g/mol. The summed E-state index contributed by atoms with van der Waals surface area (Å²) in [5.74, 6) is 0. The van der Waals surface area contributed by atoms with Gasteiger partial charge in [-0.25, -0.2) is 0 Å². The fourth-order valence-corrected chi connectivity index (χ4v) is 1.89. The number of aryl methyl sites for hydroxylation is 1. The number of nitrogens with one attached hydrogen (secondary N) is 1. The Bertz CT molecular complexity index is 408. The summed E-state index contributed by atoms with van der Waals surface area (Å²) in [4.78, 5) is 13.8. The molecule has 0 saturated carbocycles. The SMILES string of the molecule is Cn1[nH]c(=O)c2c1CN(C(C)(C)C)C2. The zero-order chi connectivity index (χ0) is 10.5. The van der Waals surface area contributed by atoms with Crippen LogP contribution in [-0.4, -0.2) is 20.2 Å². The fraction of sp³-hybridized carbons (Fsp3) is 0.700. The predicted octanol–water partition coefficient (Wildman–Crippen LogP) is 0.827. The maximum absolute atomic E-state index is 11.5. The quantitative estimate of drug-likeness (QED) is 0.666. The maximum atomic E-state index is 11.5. The van der Waals surface area contributed by atoms with Crippen LogP contribution in [0.25, 0.3) is 0 Å². The summed E-state index contributed by atoms with van der Waals surface area (Å²) >= 11 is 0. The Morgan fingerprint density at radius 3 is 2.43 bits per heavy atom. The topological polar surface area (TPSA) is 41.0 Å². The number of H-pyrrole nitrogens is 1. The van der Waals surface area contributed by atoms with Gasteiger partial charge in [-0.2, -0.15) is 0 Å². The van der Waals surface area contributed by atoms with Crippen molar-refractivity contribution in [1.82, 2.24) is 14.7 Å². The van der Waals surface area contributed by atoms with Gasteiger partial charge in [0.15, 0.2) is 0 Å². The number of fused-ring (bicyclic) bond motifs is 1. The molecule has 0 fully saturated rings. The van der Waals surface area contributed by atoms with Crippen molar-refractivity contribution >= 4 is 0 Å². The average molecular weight is 195 g/mol. The zero-order valence-corrected chi connectivity index (χ0v) is 9.22. The van der Waals surface area contributed by atoms with Crippen LogP contribution in [0.2, 0.25) is 0 Å². The summed E-state index contributed by atoms with van der Waals surface area (Å²) in [7, 11) is 1.90. The molecule has 1 aliphatic rings. The van der Waals surface area contributed by atoms with Crippen molar-refractivity contribution in [1.29, 1.82) is 0 Å². The molecule has 0 bridgehead atoms. The van der Waals surface area contributed by atoms with Crippen molar-refractivity contribution < 1.29 is 0 Å². The maximum Gasteiger partial charge on any atom is 0.268 e. The summed E-state index contributed by atoms with van der Waals surface area (Å²) in [6, 6.07) is 0. The highest BCUT2D eigenvalue weighted by molar-refractivity contribution is 5.22. The second kappa shape index (κ2) is 2.73. The number of rotatable bonds is 0. The standard InChI is InChI=1S/C10H17N3O/c1-10(2,3)13-5-7-8(6-13)12(4)11-9(7)14/h5-6H2,1-4H3,(H,11,14). The first-order chi connectivity index (χ1) is 6.39. The van der Waals surface area contributed by atoms with Crippen LogP contribution in [0.4, 0.5) is 0 Å². The molecule has 0 amide bonds. The van der Waals surface area contributed by atoms with Gasteiger partial charge in [-0.15, -0.1) is 0 Å². The van der Waals surface area contributed by atoms with E-state index >= 15 is 0 Å². The van der Waals surface area contributed by atoms with Crippen molar-refractivity contribution in [3.05, 3.63) is 21.6 Å².